The number of carboxylic acids is 1. The maximum Gasteiger partial charge on any atom is 0.323 e. The van der Waals surface area contributed by atoms with Gasteiger partial charge in [0.15, 0.2) is 0 Å². The number of sulfonamides is 1. The normalized spacial score (nSPS) is 15.7. The van der Waals surface area contributed by atoms with E-state index in [1.165, 1.54) is 56.4 Å². The van der Waals surface area contributed by atoms with E-state index in [1.807, 2.05) is 0 Å². The number of hydrogen-bond donors (Lipinski definition) is 4. The molecule has 1 atom stereocenters. The average Bonchev–Trinajstić information content (AvgIpc) is 2.76. The van der Waals surface area contributed by atoms with E-state index in [1.54, 1.807) is 6.07 Å². The second kappa shape index (κ2) is 12.4. The molecule has 0 bridgehead atoms. The van der Waals surface area contributed by atoms with Crippen molar-refractivity contribution in [3.63, 3.8) is 0 Å². The molecule has 1 unspecified atom stereocenters. The van der Waals surface area contributed by atoms with Crippen LogP contribution in [0.4, 0.5) is 0 Å². The van der Waals surface area contributed by atoms with Crippen LogP contribution in [0.1, 0.15) is 51.4 Å². The highest BCUT2D eigenvalue weighted by Gasteiger charge is 2.25. The number of carboxylic acid groups (broad SMARTS) is 1. The number of aliphatic carboxylic acids is 1. The van der Waals surface area contributed by atoms with E-state index in [4.69, 9.17) is 0 Å². The van der Waals surface area contributed by atoms with Crippen LogP contribution in [0.25, 0.3) is 0 Å². The summed E-state index contributed by atoms with van der Waals surface area (Å²) in [6.45, 7) is -0.265. The monoisotopic (exact) mass is 453 g/mol. The van der Waals surface area contributed by atoms with Gasteiger partial charge in [-0.25, -0.2) is 8.42 Å². The zero-order valence-corrected chi connectivity index (χ0v) is 18.3. The van der Waals surface area contributed by atoms with Crippen molar-refractivity contribution in [1.29, 1.82) is 0 Å². The molecule has 31 heavy (non-hydrogen) atoms. The fraction of sp³-hybridized carbons (Fsp3) is 0.571. The van der Waals surface area contributed by atoms with E-state index in [0.717, 1.165) is 6.42 Å². The fourth-order valence-corrected chi connectivity index (χ4v) is 4.76. The molecule has 0 heterocycles. The van der Waals surface area contributed by atoms with Gasteiger partial charge >= 0.3 is 5.97 Å². The Morgan fingerprint density at radius 1 is 0.968 bits per heavy atom. The summed E-state index contributed by atoms with van der Waals surface area (Å²) in [5, 5.41) is 14.4. The molecular weight excluding hydrogens is 422 g/mol. The first-order valence-electron chi connectivity index (χ1n) is 10.6. The third-order valence-corrected chi connectivity index (χ3v) is 6.82. The minimum absolute atomic E-state index is 0.0209. The highest BCUT2D eigenvalue weighted by atomic mass is 32.2. The molecule has 1 aliphatic carbocycles. The van der Waals surface area contributed by atoms with E-state index < -0.39 is 34.5 Å². The number of carbonyl (C=O) groups excluding carboxylic acids is 2. The van der Waals surface area contributed by atoms with Crippen LogP contribution in [0.15, 0.2) is 35.2 Å². The third kappa shape index (κ3) is 9.06. The standard InChI is InChI=1S/C21H31N3O6S/c25-19(12-11-16-7-3-1-4-8-16)22-14-13-20(26)23-15-18(21(27)28)24-31(29,30)17-9-5-2-6-10-17/h2,5-6,9-10,16,18,24H,1,3-4,7-8,11-15H2,(H,22,25)(H,23,26)(H,27,28). The molecule has 172 valence electrons. The summed E-state index contributed by atoms with van der Waals surface area (Å²) in [4.78, 5) is 35.2. The zero-order valence-electron chi connectivity index (χ0n) is 17.5. The Bertz CT molecular complexity index is 838. The van der Waals surface area contributed by atoms with Gasteiger partial charge in [0.25, 0.3) is 0 Å². The molecule has 2 rings (SSSR count). The first-order valence-corrected chi connectivity index (χ1v) is 12.1. The molecule has 0 radical (unpaired) electrons. The predicted octanol–water partition coefficient (Wildman–Crippen LogP) is 1.40. The minimum Gasteiger partial charge on any atom is -0.480 e. The maximum atomic E-state index is 12.3. The number of amides is 2. The first kappa shape index (κ1) is 24.8. The third-order valence-electron chi connectivity index (χ3n) is 5.33. The number of nitrogens with one attached hydrogen (secondary N) is 3. The molecule has 10 heteroatoms. The van der Waals surface area contributed by atoms with E-state index in [9.17, 15) is 27.9 Å². The average molecular weight is 454 g/mol. The van der Waals surface area contributed by atoms with Gasteiger partial charge in [-0.05, 0) is 24.5 Å². The van der Waals surface area contributed by atoms with Crippen LogP contribution in [0.5, 0.6) is 0 Å². The molecule has 4 N–H and O–H groups in total. The van der Waals surface area contributed by atoms with Gasteiger partial charge in [-0.15, -0.1) is 0 Å². The smallest absolute Gasteiger partial charge is 0.323 e. The van der Waals surface area contributed by atoms with Gasteiger partial charge in [0.1, 0.15) is 6.04 Å². The Morgan fingerprint density at radius 2 is 1.61 bits per heavy atom. The number of rotatable bonds is 12. The molecule has 9 nitrogen and oxygen atoms in total. The molecule has 0 aliphatic heterocycles. The van der Waals surface area contributed by atoms with Gasteiger partial charge in [0, 0.05) is 25.9 Å². The summed E-state index contributed by atoms with van der Waals surface area (Å²) >= 11 is 0. The summed E-state index contributed by atoms with van der Waals surface area (Å²) in [5.74, 6) is -1.37. The zero-order chi connectivity index (χ0) is 22.7. The molecule has 1 saturated carbocycles. The summed E-state index contributed by atoms with van der Waals surface area (Å²) < 4.78 is 26.6. The van der Waals surface area contributed by atoms with Crippen molar-refractivity contribution < 1.29 is 27.9 Å². The number of carbonyl (C=O) groups is 3. The Kier molecular flexibility index (Phi) is 9.93. The van der Waals surface area contributed by atoms with E-state index >= 15 is 0 Å². The molecule has 0 aromatic heterocycles. The Labute approximate surface area is 183 Å². The van der Waals surface area contributed by atoms with Crippen molar-refractivity contribution in [2.45, 2.75) is 62.3 Å². The molecule has 1 aliphatic rings. The summed E-state index contributed by atoms with van der Waals surface area (Å²) in [6, 6.07) is 5.86. The first-order chi connectivity index (χ1) is 14.8. The van der Waals surface area contributed by atoms with Crippen molar-refractivity contribution >= 4 is 27.8 Å². The lowest BCUT2D eigenvalue weighted by molar-refractivity contribution is -0.138. The predicted molar refractivity (Wildman–Crippen MR) is 115 cm³/mol. The van der Waals surface area contributed by atoms with Crippen molar-refractivity contribution in [3.05, 3.63) is 30.3 Å². The Hall–Kier alpha value is -2.46. The second-order valence-corrected chi connectivity index (χ2v) is 9.49. The minimum atomic E-state index is -4.04. The number of benzene rings is 1. The van der Waals surface area contributed by atoms with Gasteiger partial charge in [0.05, 0.1) is 4.90 Å². The van der Waals surface area contributed by atoms with Crippen LogP contribution < -0.4 is 15.4 Å². The molecule has 0 saturated heterocycles. The molecular formula is C21H31N3O6S. The molecule has 1 fully saturated rings. The van der Waals surface area contributed by atoms with Crippen LogP contribution >= 0.6 is 0 Å². The van der Waals surface area contributed by atoms with Gasteiger partial charge in [-0.2, -0.15) is 4.72 Å². The summed E-state index contributed by atoms with van der Waals surface area (Å²) in [7, 11) is -4.04. The lowest BCUT2D eigenvalue weighted by atomic mass is 9.86. The van der Waals surface area contributed by atoms with Gasteiger partial charge in [-0.1, -0.05) is 50.3 Å². The summed E-state index contributed by atoms with van der Waals surface area (Å²) in [5.41, 5.74) is 0. The van der Waals surface area contributed by atoms with Gasteiger partial charge < -0.3 is 15.7 Å². The second-order valence-electron chi connectivity index (χ2n) is 7.77. The summed E-state index contributed by atoms with van der Waals surface area (Å²) in [6.07, 6.45) is 7.36. The number of hydrogen-bond acceptors (Lipinski definition) is 5. The van der Waals surface area contributed by atoms with Crippen molar-refractivity contribution in [3.8, 4) is 0 Å². The van der Waals surface area contributed by atoms with Crippen LogP contribution in [-0.2, 0) is 24.4 Å². The van der Waals surface area contributed by atoms with Gasteiger partial charge in [-0.3, -0.25) is 14.4 Å². The highest BCUT2D eigenvalue weighted by Crippen LogP contribution is 2.27. The van der Waals surface area contributed by atoms with E-state index in [2.05, 4.69) is 15.4 Å². The van der Waals surface area contributed by atoms with Crippen molar-refractivity contribution in [2.24, 2.45) is 5.92 Å². The Morgan fingerprint density at radius 3 is 2.26 bits per heavy atom. The highest BCUT2D eigenvalue weighted by molar-refractivity contribution is 7.89. The van der Waals surface area contributed by atoms with E-state index in [0.29, 0.717) is 12.3 Å². The quantitative estimate of drug-likeness (QED) is 0.377. The lowest BCUT2D eigenvalue weighted by Crippen LogP contribution is -2.48. The van der Waals surface area contributed by atoms with E-state index in [-0.39, 0.29) is 23.8 Å². The van der Waals surface area contributed by atoms with Crippen molar-refractivity contribution in [2.75, 3.05) is 13.1 Å². The van der Waals surface area contributed by atoms with Crippen LogP contribution in [0.3, 0.4) is 0 Å². The molecule has 1 aromatic carbocycles. The largest absolute Gasteiger partial charge is 0.480 e. The Balaban J connectivity index is 1.69. The fourth-order valence-electron chi connectivity index (χ4n) is 3.55. The van der Waals surface area contributed by atoms with Crippen LogP contribution in [0, 0.1) is 5.92 Å². The van der Waals surface area contributed by atoms with Crippen LogP contribution in [0.2, 0.25) is 0 Å². The molecule has 1 aromatic rings. The molecule has 2 amide bonds. The van der Waals surface area contributed by atoms with Crippen LogP contribution in [-0.4, -0.2) is 50.4 Å². The van der Waals surface area contributed by atoms with Gasteiger partial charge in [0.2, 0.25) is 21.8 Å². The lowest BCUT2D eigenvalue weighted by Gasteiger charge is -2.21. The molecule has 0 spiro atoms. The topological polar surface area (TPSA) is 142 Å². The maximum absolute atomic E-state index is 12.3. The van der Waals surface area contributed by atoms with Crippen molar-refractivity contribution in [1.82, 2.24) is 15.4 Å². The SMILES string of the molecule is O=C(CCC1CCCCC1)NCCC(=O)NCC(NS(=O)(=O)c1ccccc1)C(=O)O.